The number of hydrogen-bond donors (Lipinski definition) is 2. The molecule has 0 heterocycles. The summed E-state index contributed by atoms with van der Waals surface area (Å²) >= 11 is 4.38. The summed E-state index contributed by atoms with van der Waals surface area (Å²) in [6.07, 6.45) is 1.39. The van der Waals surface area contributed by atoms with Crippen molar-refractivity contribution in [3.05, 3.63) is 60.4 Å². The van der Waals surface area contributed by atoms with Gasteiger partial charge in [0.1, 0.15) is 12.3 Å². The van der Waals surface area contributed by atoms with Gasteiger partial charge in [0, 0.05) is 16.1 Å². The zero-order valence-corrected chi connectivity index (χ0v) is 19.6. The lowest BCUT2D eigenvalue weighted by molar-refractivity contribution is -0.134. The van der Waals surface area contributed by atoms with Crippen LogP contribution in [0.3, 0.4) is 0 Å². The van der Waals surface area contributed by atoms with E-state index in [9.17, 15) is 14.7 Å². The zero-order chi connectivity index (χ0) is 20.7. The molecule has 2 aromatic rings. The molecule has 0 unspecified atom stereocenters. The molecule has 28 heavy (non-hydrogen) atoms. The predicted molar refractivity (Wildman–Crippen MR) is 123 cm³/mol. The summed E-state index contributed by atoms with van der Waals surface area (Å²) in [6.45, 7) is 3.93. The Kier molecular flexibility index (Phi) is 8.55. The Morgan fingerprint density at radius 1 is 1.14 bits per heavy atom. The molecular formula is C20H19I2NO5. The van der Waals surface area contributed by atoms with Crippen molar-refractivity contribution in [3.63, 3.8) is 0 Å². The van der Waals surface area contributed by atoms with Crippen LogP contribution in [-0.2, 0) is 16.2 Å². The first-order chi connectivity index (χ1) is 13.3. The second kappa shape index (κ2) is 10.6. The Hall–Kier alpha value is -1.82. The van der Waals surface area contributed by atoms with E-state index in [1.807, 2.05) is 31.2 Å². The molecule has 0 saturated carbocycles. The number of amides is 1. The molecule has 0 radical (unpaired) electrons. The molecule has 0 atom stereocenters. The maximum absolute atomic E-state index is 11.4. The largest absolute Gasteiger partial charge is 0.490 e. The number of ether oxygens (including phenoxy) is 2. The SMILES string of the molecule is CCOc1cc(C=C(NC(C)=O)C(=O)O)cc(I)c1OCc1ccccc1I. The van der Waals surface area contributed by atoms with Gasteiger partial charge < -0.3 is 19.9 Å². The fourth-order valence-corrected chi connectivity index (χ4v) is 3.67. The lowest BCUT2D eigenvalue weighted by atomic mass is 10.1. The van der Waals surface area contributed by atoms with E-state index in [0.29, 0.717) is 30.3 Å². The third kappa shape index (κ3) is 6.36. The van der Waals surface area contributed by atoms with E-state index in [4.69, 9.17) is 9.47 Å². The van der Waals surface area contributed by atoms with Crippen molar-refractivity contribution in [2.75, 3.05) is 6.61 Å². The van der Waals surface area contributed by atoms with Gasteiger partial charge in [-0.1, -0.05) is 18.2 Å². The number of benzene rings is 2. The molecule has 0 saturated heterocycles. The van der Waals surface area contributed by atoms with Gasteiger partial charge >= 0.3 is 5.97 Å². The minimum absolute atomic E-state index is 0.210. The first-order valence-corrected chi connectivity index (χ1v) is 10.5. The van der Waals surface area contributed by atoms with Gasteiger partial charge in [0.25, 0.3) is 0 Å². The molecule has 2 rings (SSSR count). The smallest absolute Gasteiger partial charge is 0.352 e. The molecule has 0 fully saturated rings. The van der Waals surface area contributed by atoms with E-state index < -0.39 is 11.9 Å². The number of carboxylic acids is 1. The quantitative estimate of drug-likeness (QED) is 0.343. The van der Waals surface area contributed by atoms with Gasteiger partial charge in [0.05, 0.1) is 10.2 Å². The van der Waals surface area contributed by atoms with E-state index in [1.54, 1.807) is 12.1 Å². The average molecular weight is 607 g/mol. The molecule has 0 spiro atoms. The number of carbonyl (C=O) groups excluding carboxylic acids is 1. The fourth-order valence-electron chi connectivity index (χ4n) is 2.35. The van der Waals surface area contributed by atoms with Crippen molar-refractivity contribution in [1.82, 2.24) is 5.32 Å². The number of carbonyl (C=O) groups is 2. The van der Waals surface area contributed by atoms with Crippen LogP contribution in [0.4, 0.5) is 0 Å². The van der Waals surface area contributed by atoms with Crippen molar-refractivity contribution >= 4 is 63.1 Å². The van der Waals surface area contributed by atoms with Crippen LogP contribution in [0, 0.1) is 7.14 Å². The minimum atomic E-state index is -1.22. The van der Waals surface area contributed by atoms with Crippen molar-refractivity contribution in [2.24, 2.45) is 0 Å². The normalized spacial score (nSPS) is 11.1. The standard InChI is InChI=1S/C20H19I2NO5/c1-3-27-18-10-13(9-17(20(25)26)23-12(2)24)8-16(22)19(18)28-11-14-6-4-5-7-15(14)21/h4-10H,3,11H2,1-2H3,(H,23,24)(H,25,26). The van der Waals surface area contributed by atoms with Crippen LogP contribution in [0.2, 0.25) is 0 Å². The molecule has 2 N–H and O–H groups in total. The molecule has 0 aliphatic heterocycles. The number of halogens is 2. The minimum Gasteiger partial charge on any atom is -0.490 e. The lowest BCUT2D eigenvalue weighted by Gasteiger charge is -2.15. The lowest BCUT2D eigenvalue weighted by Crippen LogP contribution is -2.24. The number of aliphatic carboxylic acids is 1. The Labute approximate surface area is 190 Å². The molecule has 8 heteroatoms. The van der Waals surface area contributed by atoms with Crippen LogP contribution < -0.4 is 14.8 Å². The van der Waals surface area contributed by atoms with Crippen LogP contribution in [0.5, 0.6) is 11.5 Å². The molecule has 0 aromatic heterocycles. The fraction of sp³-hybridized carbons (Fsp3) is 0.200. The maximum Gasteiger partial charge on any atom is 0.352 e. The summed E-state index contributed by atoms with van der Waals surface area (Å²) < 4.78 is 13.6. The summed E-state index contributed by atoms with van der Waals surface area (Å²) in [4.78, 5) is 22.6. The number of nitrogens with one attached hydrogen (secondary N) is 1. The van der Waals surface area contributed by atoms with E-state index in [2.05, 4.69) is 50.5 Å². The van der Waals surface area contributed by atoms with E-state index in [-0.39, 0.29) is 5.70 Å². The second-order valence-corrected chi connectivity index (χ2v) is 8.01. The van der Waals surface area contributed by atoms with Gasteiger partial charge in [-0.05, 0) is 81.9 Å². The van der Waals surface area contributed by atoms with E-state index in [1.165, 1.54) is 13.0 Å². The molecule has 0 bridgehead atoms. The predicted octanol–water partition coefficient (Wildman–Crippen LogP) is 4.44. The summed E-state index contributed by atoms with van der Waals surface area (Å²) in [5.41, 5.74) is 1.43. The summed E-state index contributed by atoms with van der Waals surface area (Å²) in [6, 6.07) is 11.4. The van der Waals surface area contributed by atoms with E-state index >= 15 is 0 Å². The zero-order valence-electron chi connectivity index (χ0n) is 15.3. The summed E-state index contributed by atoms with van der Waals surface area (Å²) in [5.74, 6) is -0.567. The van der Waals surface area contributed by atoms with Crippen LogP contribution in [-0.4, -0.2) is 23.6 Å². The highest BCUT2D eigenvalue weighted by Crippen LogP contribution is 2.35. The molecule has 2 aromatic carbocycles. The third-order valence-corrected chi connectivity index (χ3v) is 5.37. The van der Waals surface area contributed by atoms with Gasteiger partial charge in [-0.15, -0.1) is 0 Å². The summed E-state index contributed by atoms with van der Waals surface area (Å²) in [5, 5.41) is 11.6. The van der Waals surface area contributed by atoms with Gasteiger partial charge in [-0.25, -0.2) is 4.79 Å². The topological polar surface area (TPSA) is 84.9 Å². The van der Waals surface area contributed by atoms with Crippen molar-refractivity contribution in [1.29, 1.82) is 0 Å². The molecule has 148 valence electrons. The van der Waals surface area contributed by atoms with Gasteiger partial charge in [-0.2, -0.15) is 0 Å². The Morgan fingerprint density at radius 2 is 1.86 bits per heavy atom. The number of hydrogen-bond acceptors (Lipinski definition) is 4. The first-order valence-electron chi connectivity index (χ1n) is 8.37. The highest BCUT2D eigenvalue weighted by Gasteiger charge is 2.15. The molecule has 6 nitrogen and oxygen atoms in total. The number of rotatable bonds is 8. The highest BCUT2D eigenvalue weighted by atomic mass is 127. The molecular weight excluding hydrogens is 588 g/mol. The van der Waals surface area contributed by atoms with Crippen LogP contribution in [0.25, 0.3) is 6.08 Å². The average Bonchev–Trinajstić information content (AvgIpc) is 2.61. The first kappa shape index (κ1) is 22.5. The van der Waals surface area contributed by atoms with Crippen LogP contribution in [0.1, 0.15) is 25.0 Å². The van der Waals surface area contributed by atoms with Gasteiger partial charge in [0.15, 0.2) is 11.5 Å². The molecule has 0 aliphatic carbocycles. The Morgan fingerprint density at radius 3 is 2.46 bits per heavy atom. The van der Waals surface area contributed by atoms with E-state index in [0.717, 1.165) is 12.7 Å². The highest BCUT2D eigenvalue weighted by molar-refractivity contribution is 14.1. The van der Waals surface area contributed by atoms with Crippen molar-refractivity contribution in [3.8, 4) is 11.5 Å². The molecule has 1 amide bonds. The van der Waals surface area contributed by atoms with Gasteiger partial charge in [-0.3, -0.25) is 4.79 Å². The van der Waals surface area contributed by atoms with Crippen LogP contribution in [0.15, 0.2) is 42.1 Å². The monoisotopic (exact) mass is 607 g/mol. The maximum atomic E-state index is 11.4. The van der Waals surface area contributed by atoms with Crippen molar-refractivity contribution < 1.29 is 24.2 Å². The Bertz CT molecular complexity index is 911. The molecule has 0 aliphatic rings. The second-order valence-electron chi connectivity index (χ2n) is 5.69. The van der Waals surface area contributed by atoms with Crippen molar-refractivity contribution in [2.45, 2.75) is 20.5 Å². The summed E-state index contributed by atoms with van der Waals surface area (Å²) in [7, 11) is 0. The third-order valence-electron chi connectivity index (χ3n) is 3.51. The Balaban J connectivity index is 2.36. The van der Waals surface area contributed by atoms with Crippen LogP contribution >= 0.6 is 45.2 Å². The van der Waals surface area contributed by atoms with Gasteiger partial charge in [0.2, 0.25) is 5.91 Å². The number of carboxylic acid groups (broad SMARTS) is 1.